The standard InChI is InChI=1S/C22H26N2O/c1-15-18-7-5-6-8-19(18)23-21(15)24-20(25)14-11-16-9-12-17(13-10-16)22(2,3)4/h5-10,12-13,23H,11,14H2,1-4H3,(H,24,25). The Morgan fingerprint density at radius 2 is 1.72 bits per heavy atom. The van der Waals surface area contributed by atoms with Gasteiger partial charge in [0.05, 0.1) is 0 Å². The van der Waals surface area contributed by atoms with Crippen molar-refractivity contribution >= 4 is 22.6 Å². The zero-order valence-corrected chi connectivity index (χ0v) is 15.4. The first-order valence-electron chi connectivity index (χ1n) is 8.81. The first kappa shape index (κ1) is 17.3. The molecule has 25 heavy (non-hydrogen) atoms. The van der Waals surface area contributed by atoms with Gasteiger partial charge in [-0.25, -0.2) is 0 Å². The summed E-state index contributed by atoms with van der Waals surface area (Å²) in [4.78, 5) is 15.6. The average Bonchev–Trinajstić information content (AvgIpc) is 2.89. The minimum Gasteiger partial charge on any atom is -0.341 e. The zero-order valence-electron chi connectivity index (χ0n) is 15.4. The molecule has 0 bridgehead atoms. The van der Waals surface area contributed by atoms with E-state index in [1.54, 1.807) is 0 Å². The number of aryl methyl sites for hydroxylation is 2. The molecular weight excluding hydrogens is 308 g/mol. The molecule has 2 N–H and O–H groups in total. The van der Waals surface area contributed by atoms with Crippen LogP contribution in [0.15, 0.2) is 48.5 Å². The number of aromatic amines is 1. The van der Waals surface area contributed by atoms with Crippen LogP contribution in [0.1, 0.15) is 43.9 Å². The highest BCUT2D eigenvalue weighted by molar-refractivity contribution is 5.96. The number of aromatic nitrogens is 1. The lowest BCUT2D eigenvalue weighted by Crippen LogP contribution is -2.13. The van der Waals surface area contributed by atoms with Gasteiger partial charge in [-0.2, -0.15) is 0 Å². The van der Waals surface area contributed by atoms with Crippen molar-refractivity contribution in [1.82, 2.24) is 4.98 Å². The molecule has 0 spiro atoms. The number of H-pyrrole nitrogens is 1. The fraction of sp³-hybridized carbons (Fsp3) is 0.318. The van der Waals surface area contributed by atoms with Gasteiger partial charge in [0.2, 0.25) is 5.91 Å². The molecule has 3 aromatic rings. The van der Waals surface area contributed by atoms with Crippen molar-refractivity contribution in [3.05, 3.63) is 65.2 Å². The largest absolute Gasteiger partial charge is 0.341 e. The SMILES string of the molecule is Cc1c(NC(=O)CCc2ccc(C(C)(C)C)cc2)[nH]c2ccccc12. The Morgan fingerprint density at radius 1 is 1.04 bits per heavy atom. The Morgan fingerprint density at radius 3 is 2.36 bits per heavy atom. The van der Waals surface area contributed by atoms with Crippen LogP contribution in [-0.2, 0) is 16.6 Å². The van der Waals surface area contributed by atoms with E-state index in [0.717, 1.165) is 28.7 Å². The van der Waals surface area contributed by atoms with Gasteiger partial charge in [-0.15, -0.1) is 0 Å². The second kappa shape index (κ2) is 6.75. The molecule has 3 heteroatoms. The summed E-state index contributed by atoms with van der Waals surface area (Å²) in [6, 6.07) is 16.7. The highest BCUT2D eigenvalue weighted by Crippen LogP contribution is 2.25. The predicted molar refractivity (Wildman–Crippen MR) is 105 cm³/mol. The Hall–Kier alpha value is -2.55. The number of carbonyl (C=O) groups is 1. The number of anilines is 1. The van der Waals surface area contributed by atoms with E-state index >= 15 is 0 Å². The van der Waals surface area contributed by atoms with Gasteiger partial charge in [0.25, 0.3) is 0 Å². The predicted octanol–water partition coefficient (Wildman–Crippen LogP) is 5.35. The van der Waals surface area contributed by atoms with Crippen molar-refractivity contribution < 1.29 is 4.79 Å². The van der Waals surface area contributed by atoms with E-state index in [2.05, 4.69) is 61.4 Å². The molecule has 3 rings (SSSR count). The Kier molecular flexibility index (Phi) is 4.67. The molecule has 0 saturated heterocycles. The molecule has 2 aromatic carbocycles. The van der Waals surface area contributed by atoms with Crippen LogP contribution in [0.2, 0.25) is 0 Å². The lowest BCUT2D eigenvalue weighted by Gasteiger charge is -2.19. The van der Waals surface area contributed by atoms with Crippen LogP contribution in [0.25, 0.3) is 10.9 Å². The highest BCUT2D eigenvalue weighted by atomic mass is 16.1. The van der Waals surface area contributed by atoms with Gasteiger partial charge in [-0.1, -0.05) is 63.2 Å². The van der Waals surface area contributed by atoms with Crippen LogP contribution in [-0.4, -0.2) is 10.9 Å². The summed E-state index contributed by atoms with van der Waals surface area (Å²) in [6.45, 7) is 8.65. The Balaban J connectivity index is 1.62. The average molecular weight is 334 g/mol. The number of benzene rings is 2. The van der Waals surface area contributed by atoms with Gasteiger partial charge in [-0.05, 0) is 41.5 Å². The summed E-state index contributed by atoms with van der Waals surface area (Å²) in [5, 5.41) is 4.16. The van der Waals surface area contributed by atoms with Gasteiger partial charge < -0.3 is 10.3 Å². The van der Waals surface area contributed by atoms with Crippen LogP contribution < -0.4 is 5.32 Å². The van der Waals surface area contributed by atoms with Gasteiger partial charge in [0.1, 0.15) is 5.82 Å². The number of hydrogen-bond donors (Lipinski definition) is 2. The summed E-state index contributed by atoms with van der Waals surface area (Å²) in [5.74, 6) is 0.837. The van der Waals surface area contributed by atoms with Crippen molar-refractivity contribution in [1.29, 1.82) is 0 Å². The monoisotopic (exact) mass is 334 g/mol. The van der Waals surface area contributed by atoms with Crippen LogP contribution >= 0.6 is 0 Å². The Bertz CT molecular complexity index is 883. The van der Waals surface area contributed by atoms with Crippen molar-refractivity contribution in [2.45, 2.75) is 46.0 Å². The molecule has 0 aliphatic rings. The van der Waals surface area contributed by atoms with E-state index < -0.39 is 0 Å². The third kappa shape index (κ3) is 3.93. The second-order valence-electron chi connectivity index (χ2n) is 7.67. The van der Waals surface area contributed by atoms with Crippen molar-refractivity contribution in [3.63, 3.8) is 0 Å². The van der Waals surface area contributed by atoms with Crippen LogP contribution in [0.3, 0.4) is 0 Å². The third-order valence-electron chi connectivity index (χ3n) is 4.69. The molecule has 0 aliphatic heterocycles. The number of carbonyl (C=O) groups excluding carboxylic acids is 1. The molecule has 0 radical (unpaired) electrons. The smallest absolute Gasteiger partial charge is 0.225 e. The fourth-order valence-electron chi connectivity index (χ4n) is 3.04. The summed E-state index contributed by atoms with van der Waals surface area (Å²) < 4.78 is 0. The van der Waals surface area contributed by atoms with E-state index in [0.29, 0.717) is 6.42 Å². The summed E-state index contributed by atoms with van der Waals surface area (Å²) in [6.07, 6.45) is 1.22. The van der Waals surface area contributed by atoms with Gasteiger partial charge in [0, 0.05) is 17.3 Å². The molecule has 3 nitrogen and oxygen atoms in total. The maximum absolute atomic E-state index is 12.3. The number of nitrogens with one attached hydrogen (secondary N) is 2. The van der Waals surface area contributed by atoms with E-state index in [4.69, 9.17) is 0 Å². The number of hydrogen-bond acceptors (Lipinski definition) is 1. The maximum Gasteiger partial charge on any atom is 0.225 e. The quantitative estimate of drug-likeness (QED) is 0.664. The molecule has 0 fully saturated rings. The van der Waals surface area contributed by atoms with E-state index in [-0.39, 0.29) is 11.3 Å². The van der Waals surface area contributed by atoms with Crippen LogP contribution in [0.5, 0.6) is 0 Å². The number of fused-ring (bicyclic) bond motifs is 1. The first-order valence-corrected chi connectivity index (χ1v) is 8.81. The van der Waals surface area contributed by atoms with E-state index in [1.807, 2.05) is 25.1 Å². The lowest BCUT2D eigenvalue weighted by atomic mass is 9.86. The molecular formula is C22H26N2O. The molecule has 0 unspecified atom stereocenters. The van der Waals surface area contributed by atoms with E-state index in [1.165, 1.54) is 11.1 Å². The van der Waals surface area contributed by atoms with Crippen molar-refractivity contribution in [2.24, 2.45) is 0 Å². The maximum atomic E-state index is 12.3. The summed E-state index contributed by atoms with van der Waals surface area (Å²) in [5.41, 5.74) is 4.79. The molecule has 0 atom stereocenters. The molecule has 1 heterocycles. The van der Waals surface area contributed by atoms with E-state index in [9.17, 15) is 4.79 Å². The third-order valence-corrected chi connectivity index (χ3v) is 4.69. The number of rotatable bonds is 4. The molecule has 0 aliphatic carbocycles. The molecule has 1 amide bonds. The van der Waals surface area contributed by atoms with Crippen LogP contribution in [0, 0.1) is 6.92 Å². The summed E-state index contributed by atoms with van der Waals surface area (Å²) >= 11 is 0. The Labute approximate surface area is 149 Å². The minimum absolute atomic E-state index is 0.0366. The minimum atomic E-state index is 0.0366. The van der Waals surface area contributed by atoms with Gasteiger partial charge >= 0.3 is 0 Å². The van der Waals surface area contributed by atoms with Crippen molar-refractivity contribution in [3.8, 4) is 0 Å². The van der Waals surface area contributed by atoms with Gasteiger partial charge in [-0.3, -0.25) is 4.79 Å². The lowest BCUT2D eigenvalue weighted by molar-refractivity contribution is -0.116. The normalized spacial score (nSPS) is 11.7. The number of amides is 1. The number of para-hydroxylation sites is 1. The molecule has 130 valence electrons. The topological polar surface area (TPSA) is 44.9 Å². The van der Waals surface area contributed by atoms with Crippen molar-refractivity contribution in [2.75, 3.05) is 5.32 Å². The van der Waals surface area contributed by atoms with Gasteiger partial charge in [0.15, 0.2) is 0 Å². The molecule has 1 aromatic heterocycles. The zero-order chi connectivity index (χ0) is 18.0. The second-order valence-corrected chi connectivity index (χ2v) is 7.67. The highest BCUT2D eigenvalue weighted by Gasteiger charge is 2.13. The summed E-state index contributed by atoms with van der Waals surface area (Å²) in [7, 11) is 0. The first-order chi connectivity index (χ1) is 11.8. The van der Waals surface area contributed by atoms with Crippen LogP contribution in [0.4, 0.5) is 5.82 Å². The molecule has 0 saturated carbocycles. The fourth-order valence-corrected chi connectivity index (χ4v) is 3.04.